The van der Waals surface area contributed by atoms with Gasteiger partial charge in [-0.3, -0.25) is 0 Å². The summed E-state index contributed by atoms with van der Waals surface area (Å²) in [7, 11) is 0. The summed E-state index contributed by atoms with van der Waals surface area (Å²) in [6.45, 7) is 5.44. The lowest BCUT2D eigenvalue weighted by Gasteiger charge is -2.39. The highest BCUT2D eigenvalue weighted by Gasteiger charge is 2.34. The second-order valence-corrected chi connectivity index (χ2v) is 6.27. The van der Waals surface area contributed by atoms with Crippen molar-refractivity contribution < 1.29 is 0 Å². The minimum absolute atomic E-state index is 0.325. The third-order valence-corrected chi connectivity index (χ3v) is 5.05. The molecular formula is C20H26N2. The summed E-state index contributed by atoms with van der Waals surface area (Å²) in [6, 6.07) is 19.5. The second-order valence-electron chi connectivity index (χ2n) is 6.27. The van der Waals surface area contributed by atoms with Crippen molar-refractivity contribution in [3.05, 3.63) is 65.7 Å². The Labute approximate surface area is 134 Å². The molecule has 2 aromatic rings. The van der Waals surface area contributed by atoms with Crippen molar-refractivity contribution in [2.24, 2.45) is 0 Å². The first-order valence-corrected chi connectivity index (χ1v) is 8.42. The van der Waals surface area contributed by atoms with Gasteiger partial charge in [0.15, 0.2) is 0 Å². The lowest BCUT2D eigenvalue weighted by molar-refractivity contribution is 0.344. The molecule has 0 spiro atoms. The molecule has 0 radical (unpaired) electrons. The van der Waals surface area contributed by atoms with E-state index in [1.807, 2.05) is 0 Å². The Hall–Kier alpha value is -1.80. The van der Waals surface area contributed by atoms with Crippen LogP contribution in [0.3, 0.4) is 0 Å². The highest BCUT2D eigenvalue weighted by atomic mass is 14.9. The molecule has 1 aliphatic heterocycles. The van der Waals surface area contributed by atoms with Crippen LogP contribution in [-0.2, 0) is 12.0 Å². The molecule has 0 amide bonds. The number of hydrogen-bond donors (Lipinski definition) is 2. The van der Waals surface area contributed by atoms with E-state index in [4.69, 9.17) is 0 Å². The number of para-hydroxylation sites is 1. The van der Waals surface area contributed by atoms with Crippen LogP contribution in [0, 0.1) is 0 Å². The molecule has 1 atom stereocenters. The van der Waals surface area contributed by atoms with Gasteiger partial charge in [-0.2, -0.15) is 0 Å². The summed E-state index contributed by atoms with van der Waals surface area (Å²) >= 11 is 0. The summed E-state index contributed by atoms with van der Waals surface area (Å²) in [4.78, 5) is 0. The molecule has 2 N–H and O–H groups in total. The van der Waals surface area contributed by atoms with Gasteiger partial charge < -0.3 is 10.6 Å². The fourth-order valence-electron chi connectivity index (χ4n) is 3.63. The van der Waals surface area contributed by atoms with E-state index in [-0.39, 0.29) is 0 Å². The average molecular weight is 294 g/mol. The number of anilines is 1. The molecule has 1 unspecified atom stereocenters. The van der Waals surface area contributed by atoms with Gasteiger partial charge in [-0.25, -0.2) is 0 Å². The quantitative estimate of drug-likeness (QED) is 0.775. The first-order chi connectivity index (χ1) is 10.8. The summed E-state index contributed by atoms with van der Waals surface area (Å²) in [6.07, 6.45) is 3.64. The number of hydrogen-bond acceptors (Lipinski definition) is 2. The zero-order valence-corrected chi connectivity index (χ0v) is 13.4. The lowest BCUT2D eigenvalue weighted by atomic mass is 9.70. The van der Waals surface area contributed by atoms with Gasteiger partial charge in [-0.05, 0) is 48.4 Å². The molecule has 3 rings (SSSR count). The number of fused-ring (bicyclic) bond motifs is 1. The van der Waals surface area contributed by atoms with Crippen molar-refractivity contribution in [2.75, 3.05) is 18.4 Å². The molecule has 2 nitrogen and oxygen atoms in total. The van der Waals surface area contributed by atoms with Crippen LogP contribution >= 0.6 is 0 Å². The molecule has 1 aliphatic rings. The predicted octanol–water partition coefficient (Wildman–Crippen LogP) is 4.33. The summed E-state index contributed by atoms with van der Waals surface area (Å²) in [5.41, 5.74) is 4.52. The maximum atomic E-state index is 3.62. The van der Waals surface area contributed by atoms with Crippen molar-refractivity contribution in [1.82, 2.24) is 5.32 Å². The highest BCUT2D eigenvalue weighted by molar-refractivity contribution is 5.56. The Balaban J connectivity index is 1.63. The van der Waals surface area contributed by atoms with Crippen LogP contribution < -0.4 is 10.6 Å². The van der Waals surface area contributed by atoms with Crippen LogP contribution in [0.2, 0.25) is 0 Å². The van der Waals surface area contributed by atoms with Crippen LogP contribution in [0.4, 0.5) is 5.69 Å². The third kappa shape index (κ3) is 3.17. The lowest BCUT2D eigenvalue weighted by Crippen LogP contribution is -2.36. The summed E-state index contributed by atoms with van der Waals surface area (Å²) < 4.78 is 0. The van der Waals surface area contributed by atoms with Gasteiger partial charge in [0, 0.05) is 18.8 Å². The normalized spacial score (nSPS) is 20.2. The Kier molecular flexibility index (Phi) is 4.79. The van der Waals surface area contributed by atoms with Crippen molar-refractivity contribution in [2.45, 2.75) is 38.1 Å². The maximum Gasteiger partial charge on any atom is 0.0378 e. The van der Waals surface area contributed by atoms with Gasteiger partial charge in [0.25, 0.3) is 0 Å². The average Bonchev–Trinajstić information content (AvgIpc) is 2.60. The summed E-state index contributed by atoms with van der Waals surface area (Å²) in [5, 5.41) is 7.17. The molecule has 22 heavy (non-hydrogen) atoms. The third-order valence-electron chi connectivity index (χ3n) is 5.05. The van der Waals surface area contributed by atoms with Gasteiger partial charge in [0.2, 0.25) is 0 Å². The highest BCUT2D eigenvalue weighted by Crippen LogP contribution is 2.41. The molecule has 0 aromatic heterocycles. The molecule has 0 bridgehead atoms. The van der Waals surface area contributed by atoms with Crippen LogP contribution in [0.1, 0.15) is 37.3 Å². The molecule has 1 heterocycles. The van der Waals surface area contributed by atoms with Crippen LogP contribution in [0.5, 0.6) is 0 Å². The Bertz CT molecular complexity index is 594. The first kappa shape index (κ1) is 15.1. The second kappa shape index (κ2) is 6.97. The van der Waals surface area contributed by atoms with E-state index < -0.39 is 0 Å². The van der Waals surface area contributed by atoms with Gasteiger partial charge in [-0.15, -0.1) is 0 Å². The fourth-order valence-corrected chi connectivity index (χ4v) is 3.63. The van der Waals surface area contributed by atoms with E-state index in [1.54, 1.807) is 0 Å². The Morgan fingerprint density at radius 1 is 1.05 bits per heavy atom. The monoisotopic (exact) mass is 294 g/mol. The van der Waals surface area contributed by atoms with E-state index in [1.165, 1.54) is 36.1 Å². The molecular weight excluding hydrogens is 268 g/mol. The van der Waals surface area contributed by atoms with Crippen molar-refractivity contribution in [3.63, 3.8) is 0 Å². The molecule has 116 valence electrons. The smallest absolute Gasteiger partial charge is 0.0378 e. The van der Waals surface area contributed by atoms with Crippen molar-refractivity contribution >= 4 is 5.69 Å². The van der Waals surface area contributed by atoms with E-state index in [9.17, 15) is 0 Å². The Morgan fingerprint density at radius 2 is 1.82 bits per heavy atom. The molecule has 0 aliphatic carbocycles. The van der Waals surface area contributed by atoms with Crippen molar-refractivity contribution in [1.29, 1.82) is 0 Å². The fraction of sp³-hybridized carbons (Fsp3) is 0.400. The number of rotatable bonds is 6. The van der Waals surface area contributed by atoms with Gasteiger partial charge >= 0.3 is 0 Å². The first-order valence-electron chi connectivity index (χ1n) is 8.42. The van der Waals surface area contributed by atoms with Gasteiger partial charge in [0.1, 0.15) is 0 Å². The van der Waals surface area contributed by atoms with Crippen LogP contribution in [0.25, 0.3) is 0 Å². The molecule has 0 saturated carbocycles. The number of nitrogens with one attached hydrogen (secondary N) is 2. The summed E-state index contributed by atoms with van der Waals surface area (Å²) in [5.74, 6) is 0. The van der Waals surface area contributed by atoms with Gasteiger partial charge in [0.05, 0.1) is 0 Å². The van der Waals surface area contributed by atoms with Crippen LogP contribution in [0.15, 0.2) is 54.6 Å². The van der Waals surface area contributed by atoms with Gasteiger partial charge in [-0.1, -0.05) is 55.5 Å². The van der Waals surface area contributed by atoms with Crippen LogP contribution in [-0.4, -0.2) is 13.1 Å². The SMILES string of the molecule is CCC1(CCNCc2ccccc2)CCNc2ccccc21. The van der Waals surface area contributed by atoms with E-state index in [2.05, 4.69) is 72.2 Å². The zero-order valence-electron chi connectivity index (χ0n) is 13.4. The molecule has 0 fully saturated rings. The standard InChI is InChI=1S/C20H26N2/c1-2-20(12-14-21-16-17-8-4-3-5-9-17)13-15-22-19-11-7-6-10-18(19)20/h3-11,21-22H,2,12-16H2,1H3. The molecule has 2 heteroatoms. The predicted molar refractivity (Wildman–Crippen MR) is 94.3 cm³/mol. The maximum absolute atomic E-state index is 3.62. The largest absolute Gasteiger partial charge is 0.385 e. The molecule has 2 aromatic carbocycles. The van der Waals surface area contributed by atoms with E-state index >= 15 is 0 Å². The van der Waals surface area contributed by atoms with E-state index in [0.29, 0.717) is 5.41 Å². The zero-order chi connectivity index (χ0) is 15.3. The minimum atomic E-state index is 0.325. The Morgan fingerprint density at radius 3 is 2.64 bits per heavy atom. The molecule has 0 saturated heterocycles. The minimum Gasteiger partial charge on any atom is -0.385 e. The number of benzene rings is 2. The van der Waals surface area contributed by atoms with E-state index in [0.717, 1.165) is 19.6 Å². The van der Waals surface area contributed by atoms with Crippen molar-refractivity contribution in [3.8, 4) is 0 Å². The topological polar surface area (TPSA) is 24.1 Å².